The standard InChI is InChI=1S/C14H19NO6S2/c1-2-12(17)22-4-3-15-11(16)7-20-13-8-5-9-10(6-8)23(18,19)21-14(9)13/h2,8-10,13-14H,1,3-7H2,(H,15,16). The van der Waals surface area contributed by atoms with Gasteiger partial charge in [-0.05, 0) is 24.8 Å². The summed E-state index contributed by atoms with van der Waals surface area (Å²) >= 11 is 1.08. The van der Waals surface area contributed by atoms with Gasteiger partial charge in [-0.15, -0.1) is 0 Å². The molecule has 5 atom stereocenters. The summed E-state index contributed by atoms with van der Waals surface area (Å²) in [5, 5.41) is 2.14. The van der Waals surface area contributed by atoms with Gasteiger partial charge in [0.05, 0.1) is 11.4 Å². The molecule has 3 aliphatic rings. The second-order valence-electron chi connectivity index (χ2n) is 5.98. The van der Waals surface area contributed by atoms with Gasteiger partial charge in [0.1, 0.15) is 12.7 Å². The Hall–Kier alpha value is -0.900. The number of hydrogen-bond donors (Lipinski definition) is 1. The summed E-state index contributed by atoms with van der Waals surface area (Å²) in [5.74, 6) is 0.355. The molecule has 1 aliphatic heterocycles. The zero-order valence-corrected chi connectivity index (χ0v) is 14.1. The molecule has 0 spiro atoms. The van der Waals surface area contributed by atoms with Crippen molar-refractivity contribution in [3.8, 4) is 0 Å². The van der Waals surface area contributed by atoms with Crippen LogP contribution in [0.15, 0.2) is 12.7 Å². The third kappa shape index (κ3) is 3.33. The number of nitrogens with one attached hydrogen (secondary N) is 1. The number of carbonyl (C=O) groups is 2. The minimum Gasteiger partial charge on any atom is -0.365 e. The summed E-state index contributed by atoms with van der Waals surface area (Å²) in [6, 6.07) is 0. The summed E-state index contributed by atoms with van der Waals surface area (Å²) < 4.78 is 34.5. The number of hydrogen-bond acceptors (Lipinski definition) is 7. The van der Waals surface area contributed by atoms with E-state index in [1.54, 1.807) is 0 Å². The third-order valence-electron chi connectivity index (χ3n) is 4.66. The number of ether oxygens (including phenoxy) is 1. The molecule has 5 unspecified atom stereocenters. The van der Waals surface area contributed by atoms with Crippen LogP contribution in [0.4, 0.5) is 0 Å². The third-order valence-corrected chi connectivity index (χ3v) is 7.29. The molecule has 0 aromatic heterocycles. The average molecular weight is 361 g/mol. The molecule has 128 valence electrons. The summed E-state index contributed by atoms with van der Waals surface area (Å²) in [6.07, 6.45) is 1.83. The summed E-state index contributed by atoms with van der Waals surface area (Å²) in [7, 11) is -3.45. The normalized spacial score (nSPS) is 36.1. The van der Waals surface area contributed by atoms with Crippen molar-refractivity contribution in [2.75, 3.05) is 18.9 Å². The van der Waals surface area contributed by atoms with Gasteiger partial charge in [-0.1, -0.05) is 18.3 Å². The Morgan fingerprint density at radius 1 is 1.39 bits per heavy atom. The van der Waals surface area contributed by atoms with E-state index in [4.69, 9.17) is 8.92 Å². The fourth-order valence-electron chi connectivity index (χ4n) is 3.74. The van der Waals surface area contributed by atoms with Crippen LogP contribution in [0.5, 0.6) is 0 Å². The maximum atomic E-state index is 11.8. The molecule has 2 bridgehead atoms. The van der Waals surface area contributed by atoms with E-state index in [0.29, 0.717) is 18.7 Å². The van der Waals surface area contributed by atoms with E-state index in [2.05, 4.69) is 11.9 Å². The Kier molecular flexibility index (Phi) is 4.82. The van der Waals surface area contributed by atoms with E-state index < -0.39 is 16.2 Å². The van der Waals surface area contributed by atoms with E-state index in [-0.39, 0.29) is 40.8 Å². The first kappa shape index (κ1) is 16.9. The van der Waals surface area contributed by atoms with Crippen LogP contribution in [0.25, 0.3) is 0 Å². The minimum atomic E-state index is -3.45. The summed E-state index contributed by atoms with van der Waals surface area (Å²) in [6.45, 7) is 3.60. The maximum Gasteiger partial charge on any atom is 0.270 e. The summed E-state index contributed by atoms with van der Waals surface area (Å²) in [4.78, 5) is 22.7. The van der Waals surface area contributed by atoms with Gasteiger partial charge >= 0.3 is 0 Å². The van der Waals surface area contributed by atoms with Gasteiger partial charge in [0.15, 0.2) is 0 Å². The molecular weight excluding hydrogens is 342 g/mol. The van der Waals surface area contributed by atoms with Gasteiger partial charge in [-0.3, -0.25) is 13.8 Å². The van der Waals surface area contributed by atoms with Crippen molar-refractivity contribution < 1.29 is 26.9 Å². The largest absolute Gasteiger partial charge is 0.365 e. The zero-order chi connectivity index (χ0) is 16.6. The molecular formula is C14H19NO6S2. The van der Waals surface area contributed by atoms with E-state index in [0.717, 1.165) is 18.2 Å². The first-order valence-electron chi connectivity index (χ1n) is 7.52. The van der Waals surface area contributed by atoms with Crippen molar-refractivity contribution in [1.82, 2.24) is 5.32 Å². The van der Waals surface area contributed by atoms with Gasteiger partial charge in [-0.2, -0.15) is 8.42 Å². The molecule has 0 aromatic carbocycles. The van der Waals surface area contributed by atoms with Crippen molar-refractivity contribution in [2.24, 2.45) is 11.8 Å². The predicted octanol–water partition coefficient (Wildman–Crippen LogP) is 0.0706. The minimum absolute atomic E-state index is 0.0133. The quantitative estimate of drug-likeness (QED) is 0.389. The lowest BCUT2D eigenvalue weighted by Gasteiger charge is -2.24. The van der Waals surface area contributed by atoms with Gasteiger partial charge in [-0.25, -0.2) is 0 Å². The van der Waals surface area contributed by atoms with Gasteiger partial charge in [0.25, 0.3) is 10.1 Å². The van der Waals surface area contributed by atoms with E-state index in [1.807, 2.05) is 0 Å². The zero-order valence-electron chi connectivity index (χ0n) is 12.5. The van der Waals surface area contributed by atoms with E-state index >= 15 is 0 Å². The van der Waals surface area contributed by atoms with Gasteiger partial charge in [0.2, 0.25) is 11.0 Å². The Bertz CT molecular complexity index is 619. The van der Waals surface area contributed by atoms with Crippen molar-refractivity contribution in [3.05, 3.63) is 12.7 Å². The average Bonchev–Trinajstić information content (AvgIpc) is 3.12. The highest BCUT2D eigenvalue weighted by Crippen LogP contribution is 2.55. The van der Waals surface area contributed by atoms with Crippen LogP contribution in [0.3, 0.4) is 0 Å². The van der Waals surface area contributed by atoms with E-state index in [9.17, 15) is 18.0 Å². The number of thioether (sulfide) groups is 1. The summed E-state index contributed by atoms with van der Waals surface area (Å²) in [5.41, 5.74) is 0. The molecule has 0 aromatic rings. The molecule has 1 N–H and O–H groups in total. The number of fused-ring (bicyclic) bond motifs is 1. The fraction of sp³-hybridized carbons (Fsp3) is 0.714. The second kappa shape index (κ2) is 6.54. The van der Waals surface area contributed by atoms with Gasteiger partial charge < -0.3 is 10.1 Å². The van der Waals surface area contributed by atoms with Crippen LogP contribution in [0, 0.1) is 11.8 Å². The van der Waals surface area contributed by atoms with Crippen molar-refractivity contribution in [1.29, 1.82) is 0 Å². The fourth-order valence-corrected chi connectivity index (χ4v) is 6.14. The Labute approximate surface area is 139 Å². The molecule has 23 heavy (non-hydrogen) atoms. The second-order valence-corrected chi connectivity index (χ2v) is 8.87. The van der Waals surface area contributed by atoms with Crippen LogP contribution < -0.4 is 5.32 Å². The molecule has 0 radical (unpaired) electrons. The lowest BCUT2D eigenvalue weighted by atomic mass is 9.94. The monoisotopic (exact) mass is 361 g/mol. The Balaban J connectivity index is 1.41. The van der Waals surface area contributed by atoms with Gasteiger partial charge in [0, 0.05) is 18.2 Å². The first-order chi connectivity index (χ1) is 10.9. The van der Waals surface area contributed by atoms with Crippen LogP contribution in [0.2, 0.25) is 0 Å². The lowest BCUT2D eigenvalue weighted by Crippen LogP contribution is -2.39. The topological polar surface area (TPSA) is 98.8 Å². The highest BCUT2D eigenvalue weighted by molar-refractivity contribution is 8.14. The van der Waals surface area contributed by atoms with Crippen LogP contribution in [-0.2, 0) is 28.6 Å². The smallest absolute Gasteiger partial charge is 0.270 e. The Morgan fingerprint density at radius 2 is 2.17 bits per heavy atom. The number of rotatable bonds is 7. The molecule has 2 saturated carbocycles. The molecule has 1 amide bonds. The molecule has 2 aliphatic carbocycles. The predicted molar refractivity (Wildman–Crippen MR) is 84.2 cm³/mol. The molecule has 3 rings (SSSR count). The lowest BCUT2D eigenvalue weighted by molar-refractivity contribution is -0.130. The van der Waals surface area contributed by atoms with Crippen molar-refractivity contribution >= 4 is 32.9 Å². The molecule has 1 heterocycles. The Morgan fingerprint density at radius 3 is 2.91 bits per heavy atom. The highest BCUT2D eigenvalue weighted by Gasteiger charge is 2.64. The number of carbonyl (C=O) groups excluding carboxylic acids is 2. The van der Waals surface area contributed by atoms with Crippen LogP contribution in [-0.4, -0.2) is 55.8 Å². The van der Waals surface area contributed by atoms with E-state index in [1.165, 1.54) is 6.08 Å². The SMILES string of the molecule is C=CC(=O)SCCNC(=O)COC1C2CC3C1OS(=O)(=O)C3C2. The number of amides is 1. The molecule has 3 fully saturated rings. The highest BCUT2D eigenvalue weighted by atomic mass is 32.2. The molecule has 9 heteroatoms. The molecule has 1 saturated heterocycles. The van der Waals surface area contributed by atoms with Crippen molar-refractivity contribution in [3.63, 3.8) is 0 Å². The van der Waals surface area contributed by atoms with Crippen LogP contribution >= 0.6 is 11.8 Å². The van der Waals surface area contributed by atoms with Crippen LogP contribution in [0.1, 0.15) is 12.8 Å². The maximum absolute atomic E-state index is 11.8. The molecule has 7 nitrogen and oxygen atoms in total. The first-order valence-corrected chi connectivity index (χ1v) is 9.97. The van der Waals surface area contributed by atoms with Crippen molar-refractivity contribution in [2.45, 2.75) is 30.3 Å².